The molecule has 1 aromatic heterocycles. The highest BCUT2D eigenvalue weighted by molar-refractivity contribution is 6.30. The Morgan fingerprint density at radius 2 is 1.92 bits per heavy atom. The fraction of sp³-hybridized carbons (Fsp3) is 0.133. The highest BCUT2D eigenvalue weighted by Gasteiger charge is 2.12. The van der Waals surface area contributed by atoms with E-state index in [9.17, 15) is 18.4 Å². The summed E-state index contributed by atoms with van der Waals surface area (Å²) in [7, 11) is 0. The van der Waals surface area contributed by atoms with Gasteiger partial charge in [-0.2, -0.15) is 8.78 Å². The summed E-state index contributed by atoms with van der Waals surface area (Å²) < 4.78 is 33.0. The summed E-state index contributed by atoms with van der Waals surface area (Å²) in [5, 5.41) is 2.75. The van der Waals surface area contributed by atoms with Crippen LogP contribution >= 0.6 is 11.6 Å². The summed E-state index contributed by atoms with van der Waals surface area (Å²) in [5.41, 5.74) is 0.308. The summed E-state index contributed by atoms with van der Waals surface area (Å²) in [6.45, 7) is -3.47. The van der Waals surface area contributed by atoms with Gasteiger partial charge in [0.1, 0.15) is 11.4 Å². The van der Waals surface area contributed by atoms with Gasteiger partial charge in [-0.1, -0.05) is 11.6 Å². The Morgan fingerprint density at radius 1 is 1.21 bits per heavy atom. The Balaban J connectivity index is 1.83. The van der Waals surface area contributed by atoms with Crippen molar-refractivity contribution in [2.24, 2.45) is 0 Å². The van der Waals surface area contributed by atoms with Crippen molar-refractivity contribution in [1.82, 2.24) is 4.98 Å². The minimum Gasteiger partial charge on any atom is -0.451 e. The van der Waals surface area contributed by atoms with Gasteiger partial charge in [-0.15, -0.1) is 0 Å². The molecule has 0 fully saturated rings. The van der Waals surface area contributed by atoms with Crippen LogP contribution in [0.1, 0.15) is 10.5 Å². The number of carbonyl (C=O) groups excluding carboxylic acids is 2. The topological polar surface area (TPSA) is 77.5 Å². The lowest BCUT2D eigenvalue weighted by atomic mass is 10.3. The van der Waals surface area contributed by atoms with Crippen molar-refractivity contribution in [3.63, 3.8) is 0 Å². The Hall–Kier alpha value is -2.74. The van der Waals surface area contributed by atoms with Crippen LogP contribution in [0.3, 0.4) is 0 Å². The third kappa shape index (κ3) is 5.47. The zero-order valence-corrected chi connectivity index (χ0v) is 12.8. The highest BCUT2D eigenvalue weighted by atomic mass is 35.5. The number of amides is 1. The Morgan fingerprint density at radius 3 is 2.54 bits per heavy atom. The molecule has 1 amide bonds. The largest absolute Gasteiger partial charge is 0.451 e. The van der Waals surface area contributed by atoms with Crippen LogP contribution in [-0.4, -0.2) is 30.1 Å². The first kappa shape index (κ1) is 17.6. The molecule has 1 aromatic carbocycles. The van der Waals surface area contributed by atoms with E-state index in [1.54, 1.807) is 0 Å². The average Bonchev–Trinajstić information content (AvgIpc) is 2.54. The second-order valence-corrected chi connectivity index (χ2v) is 4.82. The van der Waals surface area contributed by atoms with Crippen molar-refractivity contribution < 1.29 is 27.8 Å². The van der Waals surface area contributed by atoms with E-state index in [0.717, 1.165) is 0 Å². The van der Waals surface area contributed by atoms with E-state index in [0.29, 0.717) is 10.7 Å². The van der Waals surface area contributed by atoms with Crippen LogP contribution in [0, 0.1) is 0 Å². The zero-order valence-electron chi connectivity index (χ0n) is 12.0. The van der Waals surface area contributed by atoms with Crippen molar-refractivity contribution in [1.29, 1.82) is 0 Å². The number of esters is 1. The fourth-order valence-electron chi connectivity index (χ4n) is 1.64. The minimum atomic E-state index is -2.93. The Bertz CT molecular complexity index is 726. The maximum absolute atomic E-state index is 12.0. The van der Waals surface area contributed by atoms with Gasteiger partial charge in [0.25, 0.3) is 5.91 Å². The number of benzene rings is 1. The van der Waals surface area contributed by atoms with Crippen LogP contribution in [0.15, 0.2) is 42.6 Å². The minimum absolute atomic E-state index is 0.0243. The second kappa shape index (κ2) is 8.21. The number of nitrogens with zero attached hydrogens (tertiary/aromatic N) is 1. The van der Waals surface area contributed by atoms with Gasteiger partial charge in [-0.05, 0) is 36.4 Å². The van der Waals surface area contributed by atoms with Crippen molar-refractivity contribution in [2.45, 2.75) is 6.61 Å². The molecule has 0 bridgehead atoms. The SMILES string of the molecule is O=C(COC(=O)c1cc(Cl)ccn1)Nc1ccc(OC(F)F)cc1. The summed E-state index contributed by atoms with van der Waals surface area (Å²) in [5.74, 6) is -1.44. The molecule has 0 spiro atoms. The predicted molar refractivity (Wildman–Crippen MR) is 81.2 cm³/mol. The number of nitrogens with one attached hydrogen (secondary N) is 1. The molecular formula is C15H11ClF2N2O4. The maximum Gasteiger partial charge on any atom is 0.387 e. The summed E-state index contributed by atoms with van der Waals surface area (Å²) in [6, 6.07) is 8.08. The van der Waals surface area contributed by atoms with E-state index in [2.05, 4.69) is 15.0 Å². The van der Waals surface area contributed by atoms with Gasteiger partial charge in [0.05, 0.1) is 0 Å². The van der Waals surface area contributed by atoms with Crippen molar-refractivity contribution >= 4 is 29.2 Å². The van der Waals surface area contributed by atoms with E-state index >= 15 is 0 Å². The maximum atomic E-state index is 12.0. The molecule has 0 atom stereocenters. The first-order valence-corrected chi connectivity index (χ1v) is 6.95. The molecule has 1 heterocycles. The number of alkyl halides is 2. The molecule has 0 aliphatic rings. The molecule has 6 nitrogen and oxygen atoms in total. The van der Waals surface area contributed by atoms with Gasteiger partial charge < -0.3 is 14.8 Å². The van der Waals surface area contributed by atoms with Crippen LogP contribution in [0.2, 0.25) is 5.02 Å². The van der Waals surface area contributed by atoms with Crippen LogP contribution < -0.4 is 10.1 Å². The van der Waals surface area contributed by atoms with Crippen LogP contribution in [-0.2, 0) is 9.53 Å². The van der Waals surface area contributed by atoms with E-state index in [1.165, 1.54) is 42.6 Å². The van der Waals surface area contributed by atoms with Crippen LogP contribution in [0.5, 0.6) is 5.75 Å². The Labute approximate surface area is 140 Å². The number of ether oxygens (including phenoxy) is 2. The molecule has 0 saturated heterocycles. The van der Waals surface area contributed by atoms with Gasteiger partial charge in [0.2, 0.25) is 0 Å². The molecule has 126 valence electrons. The molecular weight excluding hydrogens is 346 g/mol. The second-order valence-electron chi connectivity index (χ2n) is 4.39. The van der Waals surface area contributed by atoms with E-state index in [4.69, 9.17) is 16.3 Å². The number of pyridine rings is 1. The van der Waals surface area contributed by atoms with Gasteiger partial charge in [-0.3, -0.25) is 4.79 Å². The first-order valence-electron chi connectivity index (χ1n) is 6.57. The van der Waals surface area contributed by atoms with E-state index in [1.807, 2.05) is 0 Å². The molecule has 0 saturated carbocycles. The summed E-state index contributed by atoms with van der Waals surface area (Å²) in [6.07, 6.45) is 1.34. The van der Waals surface area contributed by atoms with Gasteiger partial charge >= 0.3 is 12.6 Å². The number of hydrogen-bond acceptors (Lipinski definition) is 5. The van der Waals surface area contributed by atoms with Gasteiger partial charge in [0, 0.05) is 16.9 Å². The number of carbonyl (C=O) groups is 2. The van der Waals surface area contributed by atoms with Crippen molar-refractivity contribution in [3.05, 3.63) is 53.3 Å². The lowest BCUT2D eigenvalue weighted by Gasteiger charge is -2.08. The smallest absolute Gasteiger partial charge is 0.387 e. The molecule has 0 unspecified atom stereocenters. The lowest BCUT2D eigenvalue weighted by molar-refractivity contribution is -0.119. The highest BCUT2D eigenvalue weighted by Crippen LogP contribution is 2.17. The quantitative estimate of drug-likeness (QED) is 0.805. The van der Waals surface area contributed by atoms with Crippen molar-refractivity contribution in [2.75, 3.05) is 11.9 Å². The van der Waals surface area contributed by atoms with Gasteiger partial charge in [-0.25, -0.2) is 9.78 Å². The van der Waals surface area contributed by atoms with Gasteiger partial charge in [0.15, 0.2) is 6.61 Å². The number of hydrogen-bond donors (Lipinski definition) is 1. The molecule has 1 N–H and O–H groups in total. The van der Waals surface area contributed by atoms with Crippen LogP contribution in [0.25, 0.3) is 0 Å². The summed E-state index contributed by atoms with van der Waals surface area (Å²) >= 11 is 5.72. The number of aromatic nitrogens is 1. The number of rotatable bonds is 6. The average molecular weight is 357 g/mol. The standard InChI is InChI=1S/C15H11ClF2N2O4/c16-9-5-6-19-12(7-9)14(22)23-8-13(21)20-10-1-3-11(4-2-10)24-15(17)18/h1-7,15H,8H2,(H,20,21). The third-order valence-electron chi connectivity index (χ3n) is 2.63. The van der Waals surface area contributed by atoms with Crippen molar-refractivity contribution in [3.8, 4) is 5.75 Å². The molecule has 9 heteroatoms. The molecule has 2 aromatic rings. The van der Waals surface area contributed by atoms with E-state index in [-0.39, 0.29) is 11.4 Å². The predicted octanol–water partition coefficient (Wildman–Crippen LogP) is 3.13. The molecule has 0 aliphatic heterocycles. The first-order chi connectivity index (χ1) is 11.4. The Kier molecular flexibility index (Phi) is 6.02. The lowest BCUT2D eigenvalue weighted by Crippen LogP contribution is -2.21. The normalized spacial score (nSPS) is 10.3. The van der Waals surface area contributed by atoms with E-state index < -0.39 is 25.1 Å². The monoisotopic (exact) mass is 356 g/mol. The number of halogens is 3. The molecule has 0 radical (unpaired) electrons. The molecule has 0 aliphatic carbocycles. The number of anilines is 1. The fourth-order valence-corrected chi connectivity index (χ4v) is 1.80. The third-order valence-corrected chi connectivity index (χ3v) is 2.86. The molecule has 2 rings (SSSR count). The molecule has 24 heavy (non-hydrogen) atoms. The van der Waals surface area contributed by atoms with Crippen LogP contribution in [0.4, 0.5) is 14.5 Å². The zero-order chi connectivity index (χ0) is 17.5. The summed E-state index contributed by atoms with van der Waals surface area (Å²) in [4.78, 5) is 27.2.